The second-order valence-corrected chi connectivity index (χ2v) is 3.82. The van der Waals surface area contributed by atoms with Crippen LogP contribution in [0.15, 0.2) is 12.3 Å². The van der Waals surface area contributed by atoms with Gasteiger partial charge in [0.15, 0.2) is 0 Å². The maximum Gasteiger partial charge on any atom is 0.209 e. The summed E-state index contributed by atoms with van der Waals surface area (Å²) in [6, 6.07) is 1.67. The van der Waals surface area contributed by atoms with Gasteiger partial charge in [-0.25, -0.2) is 9.97 Å². The number of nitrogens with zero attached hydrogens (tertiary/aromatic N) is 4. The Morgan fingerprint density at radius 1 is 1.38 bits per heavy atom. The molecule has 1 saturated heterocycles. The van der Waals surface area contributed by atoms with E-state index in [1.807, 2.05) is 0 Å². The molecule has 1 aliphatic heterocycles. The summed E-state index contributed by atoms with van der Waals surface area (Å²) >= 11 is 0. The lowest BCUT2D eigenvalue weighted by Gasteiger charge is -2.31. The highest BCUT2D eigenvalue weighted by Gasteiger charge is 2.16. The van der Waals surface area contributed by atoms with Crippen molar-refractivity contribution in [2.45, 2.75) is 6.54 Å². The van der Waals surface area contributed by atoms with Gasteiger partial charge in [-0.1, -0.05) is 0 Å². The Morgan fingerprint density at radius 3 is 2.75 bits per heavy atom. The summed E-state index contributed by atoms with van der Waals surface area (Å²) < 4.78 is 0. The summed E-state index contributed by atoms with van der Waals surface area (Å²) in [4.78, 5) is 22.8. The Morgan fingerprint density at radius 2 is 2.12 bits per heavy atom. The molecule has 0 bridgehead atoms. The lowest BCUT2D eigenvalue weighted by Crippen LogP contribution is -2.45. The fourth-order valence-electron chi connectivity index (χ4n) is 1.72. The van der Waals surface area contributed by atoms with Crippen molar-refractivity contribution in [1.82, 2.24) is 19.8 Å². The Kier molecular flexibility index (Phi) is 3.31. The first-order valence-electron chi connectivity index (χ1n) is 5.27. The van der Waals surface area contributed by atoms with Crippen LogP contribution in [0.5, 0.6) is 0 Å². The third kappa shape index (κ3) is 2.66. The monoisotopic (exact) mass is 221 g/mol. The maximum atomic E-state index is 10.5. The standard InChI is InChI=1S/C10H15N5O/c11-9-1-2-12-10(13-9)7-14-3-5-15(8-16)6-4-14/h1-2,8H,3-7H2,(H2,11,12,13). The van der Waals surface area contributed by atoms with Crippen LogP contribution in [-0.4, -0.2) is 52.4 Å². The largest absolute Gasteiger partial charge is 0.384 e. The molecule has 0 unspecified atom stereocenters. The highest BCUT2D eigenvalue weighted by molar-refractivity contribution is 5.47. The second kappa shape index (κ2) is 4.89. The van der Waals surface area contributed by atoms with Crippen molar-refractivity contribution in [1.29, 1.82) is 0 Å². The number of anilines is 1. The van der Waals surface area contributed by atoms with E-state index in [1.165, 1.54) is 0 Å². The highest BCUT2D eigenvalue weighted by Crippen LogP contribution is 2.05. The van der Waals surface area contributed by atoms with Crippen LogP contribution < -0.4 is 5.73 Å². The van der Waals surface area contributed by atoms with Crippen molar-refractivity contribution >= 4 is 12.2 Å². The molecule has 2 rings (SSSR count). The van der Waals surface area contributed by atoms with Crippen LogP contribution in [-0.2, 0) is 11.3 Å². The summed E-state index contributed by atoms with van der Waals surface area (Å²) in [7, 11) is 0. The number of hydrogen-bond acceptors (Lipinski definition) is 5. The molecule has 16 heavy (non-hydrogen) atoms. The highest BCUT2D eigenvalue weighted by atomic mass is 16.1. The molecule has 0 aliphatic carbocycles. The van der Waals surface area contributed by atoms with Crippen molar-refractivity contribution in [2.75, 3.05) is 31.9 Å². The second-order valence-electron chi connectivity index (χ2n) is 3.82. The molecule has 1 aromatic rings. The number of nitrogens with two attached hydrogens (primary N) is 1. The van der Waals surface area contributed by atoms with Crippen LogP contribution in [0.2, 0.25) is 0 Å². The van der Waals surface area contributed by atoms with Crippen molar-refractivity contribution in [2.24, 2.45) is 0 Å². The number of aromatic nitrogens is 2. The third-order valence-corrected chi connectivity index (χ3v) is 2.65. The molecule has 86 valence electrons. The molecule has 6 heteroatoms. The minimum absolute atomic E-state index is 0.497. The number of carbonyl (C=O) groups is 1. The predicted octanol–water partition coefficient (Wildman–Crippen LogP) is -0.667. The van der Waals surface area contributed by atoms with Gasteiger partial charge < -0.3 is 10.6 Å². The van der Waals surface area contributed by atoms with Gasteiger partial charge in [-0.15, -0.1) is 0 Å². The fraction of sp³-hybridized carbons (Fsp3) is 0.500. The molecule has 2 heterocycles. The van der Waals surface area contributed by atoms with Gasteiger partial charge in [-0.3, -0.25) is 9.69 Å². The number of nitrogen functional groups attached to an aromatic ring is 1. The van der Waals surface area contributed by atoms with Gasteiger partial charge in [0.2, 0.25) is 6.41 Å². The van der Waals surface area contributed by atoms with E-state index in [2.05, 4.69) is 14.9 Å². The van der Waals surface area contributed by atoms with Crippen LogP contribution in [0.1, 0.15) is 5.82 Å². The quantitative estimate of drug-likeness (QED) is 0.685. The first-order valence-corrected chi connectivity index (χ1v) is 5.27. The van der Waals surface area contributed by atoms with E-state index in [9.17, 15) is 4.79 Å². The maximum absolute atomic E-state index is 10.5. The normalized spacial score (nSPS) is 17.4. The average Bonchev–Trinajstić information content (AvgIpc) is 2.30. The molecule has 0 atom stereocenters. The molecule has 0 aromatic carbocycles. The van der Waals surface area contributed by atoms with Gasteiger partial charge in [-0.2, -0.15) is 0 Å². The van der Waals surface area contributed by atoms with Crippen molar-refractivity contribution in [3.63, 3.8) is 0 Å². The van der Waals surface area contributed by atoms with E-state index in [1.54, 1.807) is 17.2 Å². The smallest absolute Gasteiger partial charge is 0.209 e. The van der Waals surface area contributed by atoms with Crippen molar-refractivity contribution < 1.29 is 4.79 Å². The summed E-state index contributed by atoms with van der Waals surface area (Å²) in [6.45, 7) is 3.95. The lowest BCUT2D eigenvalue weighted by molar-refractivity contribution is -0.119. The molecule has 0 spiro atoms. The summed E-state index contributed by atoms with van der Waals surface area (Å²) in [5, 5.41) is 0. The van der Waals surface area contributed by atoms with Gasteiger partial charge >= 0.3 is 0 Å². The fourth-order valence-corrected chi connectivity index (χ4v) is 1.72. The Balaban J connectivity index is 1.89. The zero-order valence-electron chi connectivity index (χ0n) is 9.04. The Hall–Kier alpha value is -1.69. The zero-order valence-corrected chi connectivity index (χ0v) is 9.04. The topological polar surface area (TPSA) is 75.3 Å². The lowest BCUT2D eigenvalue weighted by atomic mass is 10.3. The van der Waals surface area contributed by atoms with Crippen LogP contribution in [0, 0.1) is 0 Å². The molecule has 1 aromatic heterocycles. The molecule has 6 nitrogen and oxygen atoms in total. The minimum atomic E-state index is 0.497. The number of amides is 1. The molecule has 2 N–H and O–H groups in total. The van der Waals surface area contributed by atoms with Gasteiger partial charge in [-0.05, 0) is 6.07 Å². The van der Waals surface area contributed by atoms with Gasteiger partial charge in [0.05, 0.1) is 6.54 Å². The van der Waals surface area contributed by atoms with E-state index in [4.69, 9.17) is 5.73 Å². The van der Waals surface area contributed by atoms with Crippen molar-refractivity contribution in [3.8, 4) is 0 Å². The van der Waals surface area contributed by atoms with E-state index in [-0.39, 0.29) is 0 Å². The average molecular weight is 221 g/mol. The van der Waals surface area contributed by atoms with E-state index in [0.717, 1.165) is 38.4 Å². The number of carbonyl (C=O) groups excluding carboxylic acids is 1. The minimum Gasteiger partial charge on any atom is -0.384 e. The molecule has 0 radical (unpaired) electrons. The zero-order chi connectivity index (χ0) is 11.4. The van der Waals surface area contributed by atoms with E-state index < -0.39 is 0 Å². The number of piperazine rings is 1. The first kappa shape index (κ1) is 10.8. The summed E-state index contributed by atoms with van der Waals surface area (Å²) in [5.41, 5.74) is 5.58. The summed E-state index contributed by atoms with van der Waals surface area (Å²) in [5.74, 6) is 1.23. The van der Waals surface area contributed by atoms with E-state index in [0.29, 0.717) is 12.4 Å². The van der Waals surface area contributed by atoms with Gasteiger partial charge in [0.25, 0.3) is 0 Å². The molecular formula is C10H15N5O. The number of hydrogen-bond donors (Lipinski definition) is 1. The van der Waals surface area contributed by atoms with Crippen LogP contribution in [0.4, 0.5) is 5.82 Å². The first-order chi connectivity index (χ1) is 7.78. The molecule has 1 amide bonds. The number of rotatable bonds is 3. The molecule has 0 saturated carbocycles. The summed E-state index contributed by atoms with van der Waals surface area (Å²) in [6.07, 6.45) is 2.56. The molecular weight excluding hydrogens is 206 g/mol. The predicted molar refractivity (Wildman–Crippen MR) is 59.4 cm³/mol. The van der Waals surface area contributed by atoms with Crippen LogP contribution in [0.25, 0.3) is 0 Å². The van der Waals surface area contributed by atoms with Gasteiger partial charge in [0.1, 0.15) is 11.6 Å². The third-order valence-electron chi connectivity index (χ3n) is 2.65. The molecule has 1 fully saturated rings. The Bertz CT molecular complexity index is 362. The van der Waals surface area contributed by atoms with Gasteiger partial charge in [0, 0.05) is 32.4 Å². The Labute approximate surface area is 94.1 Å². The van der Waals surface area contributed by atoms with Crippen LogP contribution >= 0.6 is 0 Å². The van der Waals surface area contributed by atoms with E-state index >= 15 is 0 Å². The SMILES string of the molecule is Nc1ccnc(CN2CCN(C=O)CC2)n1. The molecule has 1 aliphatic rings. The van der Waals surface area contributed by atoms with Crippen LogP contribution in [0.3, 0.4) is 0 Å². The van der Waals surface area contributed by atoms with Crippen molar-refractivity contribution in [3.05, 3.63) is 18.1 Å².